The van der Waals surface area contributed by atoms with Crippen LogP contribution in [-0.2, 0) is 0 Å². The Morgan fingerprint density at radius 2 is 2.00 bits per heavy atom. The minimum absolute atomic E-state index is 0.246. The summed E-state index contributed by atoms with van der Waals surface area (Å²) in [5.74, 6) is 0.279. The minimum Gasteiger partial charge on any atom is -0.344 e. The number of alkyl halides is 2. The predicted octanol–water partition coefficient (Wildman–Crippen LogP) is 4.42. The monoisotopic (exact) mass is 339 g/mol. The highest BCUT2D eigenvalue weighted by Gasteiger charge is 2.29. The van der Waals surface area contributed by atoms with Gasteiger partial charge in [0.15, 0.2) is 0 Å². The van der Waals surface area contributed by atoms with Crippen molar-refractivity contribution in [1.82, 2.24) is 5.32 Å². The zero-order valence-electron chi connectivity index (χ0n) is 10.8. The molecule has 0 saturated heterocycles. The van der Waals surface area contributed by atoms with Crippen LogP contribution in [0.5, 0.6) is 0 Å². The third-order valence-corrected chi connectivity index (χ3v) is 5.06. The topological polar surface area (TPSA) is 29.1 Å². The molecule has 0 saturated carbocycles. The first-order valence-corrected chi connectivity index (χ1v) is 8.47. The molecule has 0 unspecified atom stereocenters. The summed E-state index contributed by atoms with van der Waals surface area (Å²) in [7, 11) is 0. The molecule has 0 radical (unpaired) electrons. The quantitative estimate of drug-likeness (QED) is 0.613. The molecule has 0 aliphatic carbocycles. The van der Waals surface area contributed by atoms with Crippen molar-refractivity contribution in [1.29, 1.82) is 0 Å². The molecule has 106 valence electrons. The lowest BCUT2D eigenvalue weighted by atomic mass is 10.0. The second kappa shape index (κ2) is 7.63. The van der Waals surface area contributed by atoms with Crippen LogP contribution in [-0.4, -0.2) is 29.5 Å². The van der Waals surface area contributed by atoms with E-state index in [1.54, 1.807) is 23.9 Å². The van der Waals surface area contributed by atoms with Gasteiger partial charge in [-0.15, -0.1) is 35.0 Å². The van der Waals surface area contributed by atoms with Gasteiger partial charge in [0, 0.05) is 16.7 Å². The molecular formula is C13H16Cl3NOS. The minimum atomic E-state index is -0.598. The van der Waals surface area contributed by atoms with Crippen LogP contribution in [0.1, 0.15) is 23.7 Å². The average molecular weight is 341 g/mol. The van der Waals surface area contributed by atoms with Gasteiger partial charge in [0.05, 0.1) is 16.1 Å². The number of halogens is 3. The van der Waals surface area contributed by atoms with Crippen molar-refractivity contribution in [2.45, 2.75) is 23.8 Å². The van der Waals surface area contributed by atoms with Crippen molar-refractivity contribution in [2.75, 3.05) is 18.0 Å². The van der Waals surface area contributed by atoms with E-state index < -0.39 is 5.54 Å². The van der Waals surface area contributed by atoms with E-state index in [1.807, 2.05) is 19.2 Å². The Morgan fingerprint density at radius 1 is 1.37 bits per heavy atom. The summed E-state index contributed by atoms with van der Waals surface area (Å²) in [5.41, 5.74) is -0.152. The van der Waals surface area contributed by atoms with Crippen LogP contribution in [0.25, 0.3) is 0 Å². The SMILES string of the molecule is CCC(CCl)(CCl)NC(=O)c1cc(SC)ccc1Cl. The van der Waals surface area contributed by atoms with E-state index in [2.05, 4.69) is 5.32 Å². The molecule has 0 aromatic heterocycles. The number of hydrogen-bond acceptors (Lipinski definition) is 2. The Morgan fingerprint density at radius 3 is 2.47 bits per heavy atom. The van der Waals surface area contributed by atoms with Crippen molar-refractivity contribution < 1.29 is 4.79 Å². The molecule has 1 aromatic carbocycles. The largest absolute Gasteiger partial charge is 0.344 e. The molecule has 19 heavy (non-hydrogen) atoms. The fourth-order valence-electron chi connectivity index (χ4n) is 1.49. The summed E-state index contributed by atoms with van der Waals surface area (Å²) in [5, 5.41) is 3.31. The van der Waals surface area contributed by atoms with E-state index >= 15 is 0 Å². The summed E-state index contributed by atoms with van der Waals surface area (Å²) in [6.45, 7) is 1.94. The first-order valence-electron chi connectivity index (χ1n) is 5.80. The van der Waals surface area contributed by atoms with Gasteiger partial charge in [0.25, 0.3) is 5.91 Å². The first kappa shape index (κ1) is 17.0. The van der Waals surface area contributed by atoms with Gasteiger partial charge in [-0.25, -0.2) is 0 Å². The van der Waals surface area contributed by atoms with Crippen LogP contribution in [0.15, 0.2) is 23.1 Å². The van der Waals surface area contributed by atoms with Gasteiger partial charge < -0.3 is 5.32 Å². The highest BCUT2D eigenvalue weighted by molar-refractivity contribution is 7.98. The number of nitrogens with one attached hydrogen (secondary N) is 1. The summed E-state index contributed by atoms with van der Waals surface area (Å²) >= 11 is 19.5. The maximum Gasteiger partial charge on any atom is 0.253 e. The number of hydrogen-bond donors (Lipinski definition) is 1. The maximum absolute atomic E-state index is 12.3. The Hall–Kier alpha value is -0.0900. The molecule has 1 rings (SSSR count). The molecule has 0 bridgehead atoms. The molecule has 1 amide bonds. The van der Waals surface area contributed by atoms with Crippen LogP contribution in [0.2, 0.25) is 5.02 Å². The molecule has 6 heteroatoms. The molecule has 1 N–H and O–H groups in total. The van der Waals surface area contributed by atoms with Crippen molar-refractivity contribution in [3.05, 3.63) is 28.8 Å². The Bertz CT molecular complexity index is 441. The van der Waals surface area contributed by atoms with Crippen molar-refractivity contribution in [3.8, 4) is 0 Å². The number of carbonyl (C=O) groups is 1. The van der Waals surface area contributed by atoms with E-state index in [1.165, 1.54) is 0 Å². The molecule has 0 fully saturated rings. The number of amides is 1. The van der Waals surface area contributed by atoms with Gasteiger partial charge in [-0.2, -0.15) is 0 Å². The highest BCUT2D eigenvalue weighted by atomic mass is 35.5. The lowest BCUT2D eigenvalue weighted by Crippen LogP contribution is -2.51. The predicted molar refractivity (Wildman–Crippen MR) is 85.2 cm³/mol. The maximum atomic E-state index is 12.3. The van der Waals surface area contributed by atoms with Gasteiger partial charge in [-0.05, 0) is 30.9 Å². The molecule has 1 aromatic rings. The zero-order valence-corrected chi connectivity index (χ0v) is 13.9. The fraction of sp³-hybridized carbons (Fsp3) is 0.462. The van der Waals surface area contributed by atoms with Crippen molar-refractivity contribution in [2.24, 2.45) is 0 Å². The van der Waals surface area contributed by atoms with Gasteiger partial charge in [0.2, 0.25) is 0 Å². The summed E-state index contributed by atoms with van der Waals surface area (Å²) in [6.07, 6.45) is 2.60. The molecule has 0 spiro atoms. The molecular weight excluding hydrogens is 325 g/mol. The molecule has 0 aliphatic heterocycles. The van der Waals surface area contributed by atoms with Gasteiger partial charge in [0.1, 0.15) is 0 Å². The Kier molecular flexibility index (Phi) is 6.81. The van der Waals surface area contributed by atoms with E-state index in [0.29, 0.717) is 17.0 Å². The normalized spacial score (nSPS) is 11.4. The second-order valence-electron chi connectivity index (χ2n) is 4.20. The smallest absolute Gasteiger partial charge is 0.253 e. The summed E-state index contributed by atoms with van der Waals surface area (Å²) in [4.78, 5) is 13.3. The molecule has 0 aliphatic rings. The van der Waals surface area contributed by atoms with E-state index in [-0.39, 0.29) is 17.7 Å². The van der Waals surface area contributed by atoms with E-state index in [9.17, 15) is 4.79 Å². The Balaban J connectivity index is 3.00. The van der Waals surface area contributed by atoms with Gasteiger partial charge in [-0.3, -0.25) is 4.79 Å². The third kappa shape index (κ3) is 4.19. The number of thioether (sulfide) groups is 1. The van der Waals surface area contributed by atoms with Crippen LogP contribution >= 0.6 is 46.6 Å². The number of rotatable bonds is 6. The summed E-state index contributed by atoms with van der Waals surface area (Å²) < 4.78 is 0. The third-order valence-electron chi connectivity index (χ3n) is 2.99. The van der Waals surface area contributed by atoms with Crippen LogP contribution < -0.4 is 5.32 Å². The fourth-order valence-corrected chi connectivity index (χ4v) is 2.93. The van der Waals surface area contributed by atoms with Crippen LogP contribution in [0.4, 0.5) is 0 Å². The van der Waals surface area contributed by atoms with Crippen molar-refractivity contribution in [3.63, 3.8) is 0 Å². The second-order valence-corrected chi connectivity index (χ2v) is 6.02. The average Bonchev–Trinajstić information content (AvgIpc) is 2.45. The lowest BCUT2D eigenvalue weighted by Gasteiger charge is -2.29. The van der Waals surface area contributed by atoms with Crippen LogP contribution in [0.3, 0.4) is 0 Å². The summed E-state index contributed by atoms with van der Waals surface area (Å²) in [6, 6.07) is 5.36. The lowest BCUT2D eigenvalue weighted by molar-refractivity contribution is 0.0913. The van der Waals surface area contributed by atoms with Gasteiger partial charge in [-0.1, -0.05) is 18.5 Å². The Labute approximate surface area is 133 Å². The molecule has 0 atom stereocenters. The van der Waals surface area contributed by atoms with Crippen LogP contribution in [0, 0.1) is 0 Å². The number of benzene rings is 1. The molecule has 0 heterocycles. The zero-order chi connectivity index (χ0) is 14.5. The van der Waals surface area contributed by atoms with E-state index in [0.717, 1.165) is 4.90 Å². The van der Waals surface area contributed by atoms with E-state index in [4.69, 9.17) is 34.8 Å². The first-order chi connectivity index (χ1) is 9.01. The number of carbonyl (C=O) groups excluding carboxylic acids is 1. The highest BCUT2D eigenvalue weighted by Crippen LogP contribution is 2.24. The van der Waals surface area contributed by atoms with Gasteiger partial charge >= 0.3 is 0 Å². The van der Waals surface area contributed by atoms with Crippen molar-refractivity contribution >= 4 is 52.5 Å². The standard InChI is InChI=1S/C13H16Cl3NOS/c1-3-13(7-14,8-15)17-12(18)10-6-9(19-2)4-5-11(10)16/h4-6H,3,7-8H2,1-2H3,(H,17,18). The molecule has 2 nitrogen and oxygen atoms in total.